The first kappa shape index (κ1) is 13.6. The van der Waals surface area contributed by atoms with Gasteiger partial charge in [-0.1, -0.05) is 54.6 Å². The van der Waals surface area contributed by atoms with Gasteiger partial charge >= 0.3 is 0 Å². The summed E-state index contributed by atoms with van der Waals surface area (Å²) in [6.07, 6.45) is 0. The SMILES string of the molecule is O=C(NCc1cccc(-c2ccccc2)c1)c1cccs1. The molecule has 0 spiro atoms. The highest BCUT2D eigenvalue weighted by atomic mass is 32.1. The lowest BCUT2D eigenvalue weighted by molar-refractivity contribution is 0.0955. The maximum Gasteiger partial charge on any atom is 0.261 e. The number of thiophene rings is 1. The molecule has 0 aliphatic rings. The van der Waals surface area contributed by atoms with Gasteiger partial charge in [0.2, 0.25) is 0 Å². The summed E-state index contributed by atoms with van der Waals surface area (Å²) in [6, 6.07) is 22.2. The molecule has 3 rings (SSSR count). The maximum atomic E-state index is 11.9. The van der Waals surface area contributed by atoms with E-state index in [9.17, 15) is 4.79 Å². The number of hydrogen-bond acceptors (Lipinski definition) is 2. The van der Waals surface area contributed by atoms with Crippen molar-refractivity contribution in [2.75, 3.05) is 0 Å². The Bertz CT molecular complexity index is 720. The summed E-state index contributed by atoms with van der Waals surface area (Å²) in [7, 11) is 0. The van der Waals surface area contributed by atoms with Crippen molar-refractivity contribution in [2.24, 2.45) is 0 Å². The third kappa shape index (κ3) is 3.38. The standard InChI is InChI=1S/C18H15NOS/c20-18(17-10-5-11-21-17)19-13-14-6-4-9-16(12-14)15-7-2-1-3-8-15/h1-12H,13H2,(H,19,20). The molecule has 0 unspecified atom stereocenters. The average Bonchev–Trinajstić information content (AvgIpc) is 3.08. The number of nitrogens with one attached hydrogen (secondary N) is 1. The lowest BCUT2D eigenvalue weighted by Crippen LogP contribution is -2.21. The van der Waals surface area contributed by atoms with Gasteiger partial charge in [-0.25, -0.2) is 0 Å². The predicted molar refractivity (Wildman–Crippen MR) is 87.4 cm³/mol. The van der Waals surface area contributed by atoms with Crippen LogP contribution in [0, 0.1) is 0 Å². The minimum absolute atomic E-state index is 0.0184. The number of rotatable bonds is 4. The molecule has 2 nitrogen and oxygen atoms in total. The molecule has 3 heteroatoms. The number of carbonyl (C=O) groups is 1. The molecule has 0 saturated carbocycles. The van der Waals surface area contributed by atoms with Gasteiger partial charge < -0.3 is 5.32 Å². The summed E-state index contributed by atoms with van der Waals surface area (Å²) in [5.74, 6) is -0.0184. The summed E-state index contributed by atoms with van der Waals surface area (Å²) < 4.78 is 0. The number of benzene rings is 2. The van der Waals surface area contributed by atoms with Crippen LogP contribution < -0.4 is 5.32 Å². The van der Waals surface area contributed by atoms with Gasteiger partial charge in [0, 0.05) is 6.54 Å². The van der Waals surface area contributed by atoms with E-state index < -0.39 is 0 Å². The topological polar surface area (TPSA) is 29.1 Å². The molecule has 1 aromatic heterocycles. The highest BCUT2D eigenvalue weighted by Crippen LogP contribution is 2.20. The van der Waals surface area contributed by atoms with Crippen LogP contribution in [0.3, 0.4) is 0 Å². The maximum absolute atomic E-state index is 11.9. The van der Waals surface area contributed by atoms with Gasteiger partial charge in [-0.05, 0) is 34.2 Å². The molecule has 0 fully saturated rings. The first-order chi connectivity index (χ1) is 10.3. The molecular formula is C18H15NOS. The van der Waals surface area contributed by atoms with Crippen molar-refractivity contribution in [1.82, 2.24) is 5.32 Å². The van der Waals surface area contributed by atoms with Gasteiger partial charge in [-0.3, -0.25) is 4.79 Å². The fourth-order valence-corrected chi connectivity index (χ4v) is 2.81. The summed E-state index contributed by atoms with van der Waals surface area (Å²) in [6.45, 7) is 0.539. The van der Waals surface area contributed by atoms with E-state index in [0.29, 0.717) is 6.54 Å². The molecule has 104 valence electrons. The van der Waals surface area contributed by atoms with E-state index in [-0.39, 0.29) is 5.91 Å². The number of hydrogen-bond donors (Lipinski definition) is 1. The molecule has 0 bridgehead atoms. The van der Waals surface area contributed by atoms with Gasteiger partial charge in [0.1, 0.15) is 0 Å². The second kappa shape index (κ2) is 6.37. The largest absolute Gasteiger partial charge is 0.347 e. The summed E-state index contributed by atoms with van der Waals surface area (Å²) in [5, 5.41) is 4.86. The van der Waals surface area contributed by atoms with E-state index in [1.54, 1.807) is 0 Å². The molecule has 0 atom stereocenters. The lowest BCUT2D eigenvalue weighted by Gasteiger charge is -2.07. The zero-order valence-electron chi connectivity index (χ0n) is 11.5. The van der Waals surface area contributed by atoms with Crippen LogP contribution in [0.1, 0.15) is 15.2 Å². The lowest BCUT2D eigenvalue weighted by atomic mass is 10.0. The summed E-state index contributed by atoms with van der Waals surface area (Å²) in [4.78, 5) is 12.7. The van der Waals surface area contributed by atoms with Crippen LogP contribution >= 0.6 is 11.3 Å². The summed E-state index contributed by atoms with van der Waals surface area (Å²) >= 11 is 1.45. The van der Waals surface area contributed by atoms with Gasteiger partial charge in [0.05, 0.1) is 4.88 Å². The smallest absolute Gasteiger partial charge is 0.261 e. The molecule has 21 heavy (non-hydrogen) atoms. The Morgan fingerprint density at radius 2 is 1.71 bits per heavy atom. The van der Waals surface area contributed by atoms with Gasteiger partial charge in [0.25, 0.3) is 5.91 Å². The van der Waals surface area contributed by atoms with E-state index in [1.165, 1.54) is 22.5 Å². The Morgan fingerprint density at radius 1 is 0.905 bits per heavy atom. The van der Waals surface area contributed by atoms with Crippen molar-refractivity contribution in [3.63, 3.8) is 0 Å². The van der Waals surface area contributed by atoms with E-state index in [4.69, 9.17) is 0 Å². The fraction of sp³-hybridized carbons (Fsp3) is 0.0556. The second-order valence-corrected chi connectivity index (χ2v) is 5.67. The van der Waals surface area contributed by atoms with Crippen LogP contribution in [0.15, 0.2) is 72.1 Å². The first-order valence-corrected chi connectivity index (χ1v) is 7.67. The molecule has 1 N–H and O–H groups in total. The molecular weight excluding hydrogens is 278 g/mol. The van der Waals surface area contributed by atoms with Crippen LogP contribution in [0.5, 0.6) is 0 Å². The number of carbonyl (C=O) groups excluding carboxylic acids is 1. The van der Waals surface area contributed by atoms with E-state index in [2.05, 4.69) is 29.6 Å². The molecule has 2 aromatic carbocycles. The van der Waals surface area contributed by atoms with Crippen molar-refractivity contribution in [2.45, 2.75) is 6.54 Å². The Labute approximate surface area is 128 Å². The van der Waals surface area contributed by atoms with Crippen molar-refractivity contribution < 1.29 is 4.79 Å². The molecule has 3 aromatic rings. The first-order valence-electron chi connectivity index (χ1n) is 6.79. The quantitative estimate of drug-likeness (QED) is 0.761. The molecule has 0 aliphatic heterocycles. The Hall–Kier alpha value is -2.39. The third-order valence-corrected chi connectivity index (χ3v) is 4.10. The van der Waals surface area contributed by atoms with Crippen LogP contribution in [0.2, 0.25) is 0 Å². The van der Waals surface area contributed by atoms with Crippen LogP contribution in [0.4, 0.5) is 0 Å². The average molecular weight is 293 g/mol. The van der Waals surface area contributed by atoms with Gasteiger partial charge in [-0.2, -0.15) is 0 Å². The molecule has 0 saturated heterocycles. The van der Waals surface area contributed by atoms with Crippen molar-refractivity contribution >= 4 is 17.2 Å². The second-order valence-electron chi connectivity index (χ2n) is 4.73. The molecule has 1 heterocycles. The minimum atomic E-state index is -0.0184. The monoisotopic (exact) mass is 293 g/mol. The van der Waals surface area contributed by atoms with Crippen molar-refractivity contribution in [3.8, 4) is 11.1 Å². The Kier molecular flexibility index (Phi) is 4.12. The third-order valence-electron chi connectivity index (χ3n) is 3.23. The van der Waals surface area contributed by atoms with Crippen LogP contribution in [0.25, 0.3) is 11.1 Å². The molecule has 0 radical (unpaired) electrons. The highest BCUT2D eigenvalue weighted by molar-refractivity contribution is 7.12. The van der Waals surface area contributed by atoms with Gasteiger partial charge in [-0.15, -0.1) is 11.3 Å². The van der Waals surface area contributed by atoms with Crippen LogP contribution in [-0.2, 0) is 6.54 Å². The molecule has 0 aliphatic carbocycles. The van der Waals surface area contributed by atoms with Crippen LogP contribution in [-0.4, -0.2) is 5.91 Å². The van der Waals surface area contributed by atoms with E-state index >= 15 is 0 Å². The van der Waals surface area contributed by atoms with Crippen molar-refractivity contribution in [3.05, 3.63) is 82.6 Å². The Morgan fingerprint density at radius 3 is 2.48 bits per heavy atom. The molecule has 1 amide bonds. The summed E-state index contributed by atoms with van der Waals surface area (Å²) in [5.41, 5.74) is 3.45. The normalized spacial score (nSPS) is 10.3. The van der Waals surface area contributed by atoms with Gasteiger partial charge in [0.15, 0.2) is 0 Å². The predicted octanol–water partition coefficient (Wildman–Crippen LogP) is 4.35. The number of amides is 1. The fourth-order valence-electron chi connectivity index (χ4n) is 2.17. The highest BCUT2D eigenvalue weighted by Gasteiger charge is 2.06. The van der Waals surface area contributed by atoms with E-state index in [1.807, 2.05) is 47.8 Å². The van der Waals surface area contributed by atoms with Crippen molar-refractivity contribution in [1.29, 1.82) is 0 Å². The Balaban J connectivity index is 1.71. The zero-order valence-corrected chi connectivity index (χ0v) is 12.3. The zero-order chi connectivity index (χ0) is 14.5. The minimum Gasteiger partial charge on any atom is -0.347 e. The van der Waals surface area contributed by atoms with E-state index in [0.717, 1.165) is 10.4 Å².